The molecule has 0 atom stereocenters. The van der Waals surface area contributed by atoms with Crippen LogP contribution in [0.1, 0.15) is 42.6 Å². The van der Waals surface area contributed by atoms with E-state index in [-0.39, 0.29) is 0 Å². The Kier molecular flexibility index (Phi) is 4.04. The number of aryl methyl sites for hydroxylation is 2. The van der Waals surface area contributed by atoms with Crippen molar-refractivity contribution in [1.82, 2.24) is 14.8 Å². The Bertz CT molecular complexity index is 621. The van der Waals surface area contributed by atoms with Crippen LogP contribution in [0.15, 0.2) is 6.20 Å². The van der Waals surface area contributed by atoms with Crippen LogP contribution < -0.4 is 5.73 Å². The molecule has 0 aliphatic rings. The van der Waals surface area contributed by atoms with Crippen LogP contribution in [0.4, 0.5) is 5.82 Å². The predicted molar refractivity (Wildman–Crippen MR) is 76.4 cm³/mol. The summed E-state index contributed by atoms with van der Waals surface area (Å²) < 4.78 is 1.74. The molecular formula is C13H17ClN4O. The molecule has 2 aromatic heterocycles. The number of aromatic nitrogens is 3. The number of carbonyl (C=O) groups is 1. The quantitative estimate of drug-likeness (QED) is 0.855. The Labute approximate surface area is 116 Å². The van der Waals surface area contributed by atoms with Crippen molar-refractivity contribution in [2.24, 2.45) is 0 Å². The summed E-state index contributed by atoms with van der Waals surface area (Å²) in [5, 5.41) is 4.52. The molecule has 5 nitrogen and oxygen atoms in total. The lowest BCUT2D eigenvalue weighted by molar-refractivity contribution is 0.108. The first-order valence-corrected chi connectivity index (χ1v) is 6.81. The van der Waals surface area contributed by atoms with Crippen molar-refractivity contribution in [1.29, 1.82) is 0 Å². The predicted octanol–water partition coefficient (Wildman–Crippen LogP) is 2.76. The Morgan fingerprint density at radius 2 is 2.21 bits per heavy atom. The molecule has 0 bridgehead atoms. The van der Waals surface area contributed by atoms with E-state index in [1.807, 2.05) is 6.92 Å². The monoisotopic (exact) mass is 280 g/mol. The van der Waals surface area contributed by atoms with Crippen LogP contribution in [0, 0.1) is 0 Å². The van der Waals surface area contributed by atoms with Crippen LogP contribution in [0.25, 0.3) is 11.0 Å². The molecule has 0 saturated carbocycles. The molecule has 0 amide bonds. The van der Waals surface area contributed by atoms with E-state index in [4.69, 9.17) is 17.3 Å². The number of nitrogens with zero attached hydrogens (tertiary/aromatic N) is 3. The highest BCUT2D eigenvalue weighted by Gasteiger charge is 2.19. The first kappa shape index (κ1) is 13.8. The summed E-state index contributed by atoms with van der Waals surface area (Å²) in [4.78, 5) is 15.8. The molecule has 0 aromatic carbocycles. The van der Waals surface area contributed by atoms with E-state index in [0.29, 0.717) is 23.6 Å². The lowest BCUT2D eigenvalue weighted by atomic mass is 10.0. The van der Waals surface area contributed by atoms with E-state index in [2.05, 4.69) is 17.0 Å². The Morgan fingerprint density at radius 1 is 1.47 bits per heavy atom. The number of anilines is 1. The summed E-state index contributed by atoms with van der Waals surface area (Å²) in [6.45, 7) is 4.75. The lowest BCUT2D eigenvalue weighted by Gasteiger charge is -2.07. The molecule has 0 unspecified atom stereocenters. The van der Waals surface area contributed by atoms with E-state index >= 15 is 0 Å². The number of hydrogen-bond donors (Lipinski definition) is 1. The molecule has 0 saturated heterocycles. The van der Waals surface area contributed by atoms with Gasteiger partial charge in [0.2, 0.25) is 0 Å². The second-order valence-electron chi connectivity index (χ2n) is 4.43. The highest BCUT2D eigenvalue weighted by Crippen LogP contribution is 2.28. The van der Waals surface area contributed by atoms with Gasteiger partial charge in [-0.25, -0.2) is 9.67 Å². The van der Waals surface area contributed by atoms with Gasteiger partial charge in [-0.15, -0.1) is 0 Å². The minimum atomic E-state index is -0.496. The van der Waals surface area contributed by atoms with Gasteiger partial charge in [0.15, 0.2) is 11.5 Å². The summed E-state index contributed by atoms with van der Waals surface area (Å²) in [6, 6.07) is 0. The molecule has 0 aliphatic heterocycles. The van der Waals surface area contributed by atoms with E-state index in [1.165, 1.54) is 6.20 Å². The second-order valence-corrected chi connectivity index (χ2v) is 4.77. The largest absolute Gasteiger partial charge is 0.382 e. The average molecular weight is 281 g/mol. The van der Waals surface area contributed by atoms with Gasteiger partial charge in [0, 0.05) is 12.7 Å². The lowest BCUT2D eigenvalue weighted by Crippen LogP contribution is -2.03. The minimum absolute atomic E-state index is 0.412. The van der Waals surface area contributed by atoms with Gasteiger partial charge in [0.1, 0.15) is 0 Å². The fraction of sp³-hybridized carbons (Fsp3) is 0.462. The third-order valence-electron chi connectivity index (χ3n) is 3.19. The second kappa shape index (κ2) is 5.57. The van der Waals surface area contributed by atoms with Gasteiger partial charge in [-0.3, -0.25) is 4.79 Å². The number of hydrogen-bond acceptors (Lipinski definition) is 4. The number of rotatable bonds is 5. The third kappa shape index (κ3) is 2.42. The molecule has 102 valence electrons. The van der Waals surface area contributed by atoms with Crippen LogP contribution in [0.5, 0.6) is 0 Å². The van der Waals surface area contributed by atoms with E-state index in [1.54, 1.807) is 4.68 Å². The van der Waals surface area contributed by atoms with Crippen LogP contribution in [-0.4, -0.2) is 20.0 Å². The van der Waals surface area contributed by atoms with E-state index in [9.17, 15) is 4.79 Å². The SMILES string of the molecule is CCCCc1c(C(=O)Cl)cnc2c1c(N)nn2CC. The maximum absolute atomic E-state index is 11.5. The summed E-state index contributed by atoms with van der Waals surface area (Å²) >= 11 is 5.63. The topological polar surface area (TPSA) is 73.8 Å². The van der Waals surface area contributed by atoms with Crippen molar-refractivity contribution in [3.8, 4) is 0 Å². The van der Waals surface area contributed by atoms with Gasteiger partial charge >= 0.3 is 0 Å². The Hall–Kier alpha value is -1.62. The molecule has 6 heteroatoms. The van der Waals surface area contributed by atoms with Crippen molar-refractivity contribution < 1.29 is 4.79 Å². The molecular weight excluding hydrogens is 264 g/mol. The van der Waals surface area contributed by atoms with Crippen molar-refractivity contribution >= 4 is 33.7 Å². The zero-order valence-electron chi connectivity index (χ0n) is 11.1. The summed E-state index contributed by atoms with van der Waals surface area (Å²) in [5.74, 6) is 0.412. The first-order chi connectivity index (χ1) is 9.10. The maximum Gasteiger partial charge on any atom is 0.254 e. The average Bonchev–Trinajstić information content (AvgIpc) is 2.72. The molecule has 2 aromatic rings. The molecule has 2 N–H and O–H groups in total. The number of nitrogens with two attached hydrogens (primary N) is 1. The van der Waals surface area contributed by atoms with Gasteiger partial charge in [-0.2, -0.15) is 5.10 Å². The standard InChI is InChI=1S/C13H17ClN4O/c1-3-5-6-8-9(11(14)19)7-16-13-10(8)12(15)17-18(13)4-2/h7H,3-6H2,1-2H3,(H2,15,17). The number of unbranched alkanes of at least 4 members (excludes halogenated alkanes) is 1. The van der Waals surface area contributed by atoms with Crippen molar-refractivity contribution in [2.45, 2.75) is 39.7 Å². The Balaban J connectivity index is 2.71. The van der Waals surface area contributed by atoms with Crippen molar-refractivity contribution in [2.75, 3.05) is 5.73 Å². The molecule has 19 heavy (non-hydrogen) atoms. The zero-order chi connectivity index (χ0) is 14.0. The van der Waals surface area contributed by atoms with Crippen LogP contribution in [0.2, 0.25) is 0 Å². The summed E-state index contributed by atoms with van der Waals surface area (Å²) in [7, 11) is 0. The smallest absolute Gasteiger partial charge is 0.254 e. The fourth-order valence-corrected chi connectivity index (χ4v) is 2.40. The van der Waals surface area contributed by atoms with Crippen LogP contribution in [-0.2, 0) is 13.0 Å². The van der Waals surface area contributed by atoms with Crippen LogP contribution >= 0.6 is 11.6 Å². The molecule has 0 radical (unpaired) electrons. The van der Waals surface area contributed by atoms with Gasteiger partial charge in [-0.1, -0.05) is 13.3 Å². The summed E-state index contributed by atoms with van der Waals surface area (Å²) in [5.41, 5.74) is 7.98. The fourth-order valence-electron chi connectivity index (χ4n) is 2.23. The van der Waals surface area contributed by atoms with Crippen molar-refractivity contribution in [3.63, 3.8) is 0 Å². The number of carbonyl (C=O) groups excluding carboxylic acids is 1. The van der Waals surface area contributed by atoms with Gasteiger partial charge < -0.3 is 5.73 Å². The van der Waals surface area contributed by atoms with E-state index < -0.39 is 5.24 Å². The number of halogens is 1. The highest BCUT2D eigenvalue weighted by atomic mass is 35.5. The molecule has 0 aliphatic carbocycles. The van der Waals surface area contributed by atoms with Crippen molar-refractivity contribution in [3.05, 3.63) is 17.3 Å². The molecule has 2 rings (SSSR count). The highest BCUT2D eigenvalue weighted by molar-refractivity contribution is 6.68. The van der Waals surface area contributed by atoms with Gasteiger partial charge in [0.25, 0.3) is 5.24 Å². The van der Waals surface area contributed by atoms with E-state index in [0.717, 1.165) is 30.2 Å². The zero-order valence-corrected chi connectivity index (χ0v) is 11.9. The van der Waals surface area contributed by atoms with Gasteiger partial charge in [-0.05, 0) is 36.9 Å². The maximum atomic E-state index is 11.5. The number of fused-ring (bicyclic) bond motifs is 1. The molecule has 2 heterocycles. The van der Waals surface area contributed by atoms with Gasteiger partial charge in [0.05, 0.1) is 10.9 Å². The molecule has 0 spiro atoms. The third-order valence-corrected chi connectivity index (χ3v) is 3.39. The summed E-state index contributed by atoms with van der Waals surface area (Å²) in [6.07, 6.45) is 4.27. The minimum Gasteiger partial charge on any atom is -0.382 e. The number of pyridine rings is 1. The number of nitrogen functional groups attached to an aromatic ring is 1. The normalized spacial score (nSPS) is 11.1. The first-order valence-electron chi connectivity index (χ1n) is 6.43. The van der Waals surface area contributed by atoms with Crippen LogP contribution in [0.3, 0.4) is 0 Å². The molecule has 0 fully saturated rings. The Morgan fingerprint density at radius 3 is 2.79 bits per heavy atom.